The highest BCUT2D eigenvalue weighted by molar-refractivity contribution is 7.11. The van der Waals surface area contributed by atoms with E-state index in [1.165, 1.54) is 4.88 Å². The molecule has 0 N–H and O–H groups in total. The molecular formula is C29H32N2O3S. The molecular weight excluding hydrogens is 456 g/mol. The second-order valence-corrected chi connectivity index (χ2v) is 9.73. The summed E-state index contributed by atoms with van der Waals surface area (Å²) in [4.78, 5) is 22.2. The maximum Gasteiger partial charge on any atom is 0.133 e. The average molecular weight is 489 g/mol. The number of allylic oxidation sites excluding steroid dienone is 1. The lowest BCUT2D eigenvalue weighted by Crippen LogP contribution is -2.26. The van der Waals surface area contributed by atoms with Crippen LogP contribution in [-0.4, -0.2) is 23.1 Å². The quantitative estimate of drug-likeness (QED) is 0.302. The van der Waals surface area contributed by atoms with Gasteiger partial charge < -0.3 is 14.3 Å². The largest absolute Gasteiger partial charge is 0.493 e. The summed E-state index contributed by atoms with van der Waals surface area (Å²) in [7, 11) is 0. The molecule has 4 rings (SSSR count). The Morgan fingerprint density at radius 1 is 1.29 bits per heavy atom. The van der Waals surface area contributed by atoms with Gasteiger partial charge in [-0.2, -0.15) is 0 Å². The standard InChI is InChI=1S/C29H32N2O3S/c1-5-25-24(11-9-19(3)32)28(13-14-30-25)34-23-10-12-27-21(17-23)16-22(18-33-27)20(4)31-26(6-2)29-8-7-15-35-29/h6-8,10,12-15,17,22H,5,9,11,16,18H2,1-4H3/b26-6-,31-20+. The third-order valence-corrected chi connectivity index (χ3v) is 7.16. The molecule has 5 nitrogen and oxygen atoms in total. The Hall–Kier alpha value is -3.25. The summed E-state index contributed by atoms with van der Waals surface area (Å²) in [5.41, 5.74) is 5.16. The molecule has 0 saturated carbocycles. The monoisotopic (exact) mass is 488 g/mol. The fourth-order valence-corrected chi connectivity index (χ4v) is 5.03. The number of aliphatic imine (C=N–C) groups is 1. The van der Waals surface area contributed by atoms with Crippen LogP contribution in [0.3, 0.4) is 0 Å². The predicted octanol–water partition coefficient (Wildman–Crippen LogP) is 7.09. The summed E-state index contributed by atoms with van der Waals surface area (Å²) in [5, 5.41) is 2.07. The molecule has 0 aliphatic carbocycles. The Bertz CT molecular complexity index is 1240. The highest BCUT2D eigenvalue weighted by atomic mass is 32.1. The van der Waals surface area contributed by atoms with Crippen LogP contribution in [0.1, 0.15) is 55.8 Å². The number of carbonyl (C=O) groups is 1. The van der Waals surface area contributed by atoms with Crippen LogP contribution >= 0.6 is 11.3 Å². The number of hydrogen-bond acceptors (Lipinski definition) is 6. The normalized spacial score (nSPS) is 15.9. The molecule has 1 aliphatic rings. The van der Waals surface area contributed by atoms with E-state index >= 15 is 0 Å². The molecule has 0 saturated heterocycles. The predicted molar refractivity (Wildman–Crippen MR) is 143 cm³/mol. The number of rotatable bonds is 9. The number of fused-ring (bicyclic) bond motifs is 1. The number of hydrogen-bond donors (Lipinski definition) is 0. The van der Waals surface area contributed by atoms with E-state index < -0.39 is 0 Å². The van der Waals surface area contributed by atoms with E-state index in [4.69, 9.17) is 14.5 Å². The number of aromatic nitrogens is 1. The smallest absolute Gasteiger partial charge is 0.133 e. The highest BCUT2D eigenvalue weighted by Gasteiger charge is 2.23. The summed E-state index contributed by atoms with van der Waals surface area (Å²) >= 11 is 1.70. The van der Waals surface area contributed by atoms with Gasteiger partial charge in [-0.1, -0.05) is 19.1 Å². The highest BCUT2D eigenvalue weighted by Crippen LogP contribution is 2.35. The minimum Gasteiger partial charge on any atom is -0.493 e. The van der Waals surface area contributed by atoms with Crippen molar-refractivity contribution in [1.82, 2.24) is 4.98 Å². The fourth-order valence-electron chi connectivity index (χ4n) is 4.28. The van der Waals surface area contributed by atoms with Crippen LogP contribution < -0.4 is 9.47 Å². The second kappa shape index (κ2) is 11.5. The van der Waals surface area contributed by atoms with Gasteiger partial charge in [0, 0.05) is 35.5 Å². The first kappa shape index (κ1) is 24.9. The van der Waals surface area contributed by atoms with E-state index in [1.807, 2.05) is 31.2 Å². The molecule has 1 aliphatic heterocycles. The molecule has 0 radical (unpaired) electrons. The lowest BCUT2D eigenvalue weighted by atomic mass is 9.93. The molecule has 182 valence electrons. The van der Waals surface area contributed by atoms with Crippen LogP contribution in [0.5, 0.6) is 17.2 Å². The van der Waals surface area contributed by atoms with Crippen LogP contribution in [0.25, 0.3) is 5.70 Å². The van der Waals surface area contributed by atoms with Crippen molar-refractivity contribution in [3.8, 4) is 17.2 Å². The van der Waals surface area contributed by atoms with E-state index in [-0.39, 0.29) is 11.7 Å². The van der Waals surface area contributed by atoms with Crippen molar-refractivity contribution >= 4 is 28.5 Å². The van der Waals surface area contributed by atoms with E-state index in [9.17, 15) is 4.79 Å². The minimum absolute atomic E-state index is 0.163. The van der Waals surface area contributed by atoms with Gasteiger partial charge >= 0.3 is 0 Å². The fraction of sp³-hybridized carbons (Fsp3) is 0.345. The van der Waals surface area contributed by atoms with Crippen molar-refractivity contribution in [1.29, 1.82) is 0 Å². The molecule has 3 aromatic rings. The Balaban J connectivity index is 1.54. The maximum atomic E-state index is 11.6. The Kier molecular flexibility index (Phi) is 8.13. The molecule has 0 bridgehead atoms. The summed E-state index contributed by atoms with van der Waals surface area (Å²) in [6.45, 7) is 8.41. The first-order valence-electron chi connectivity index (χ1n) is 12.1. The number of nitrogens with zero attached hydrogens (tertiary/aromatic N) is 2. The molecule has 1 atom stereocenters. The maximum absolute atomic E-state index is 11.6. The topological polar surface area (TPSA) is 60.8 Å². The van der Waals surface area contributed by atoms with Crippen molar-refractivity contribution in [2.45, 2.75) is 53.4 Å². The van der Waals surface area contributed by atoms with E-state index in [0.29, 0.717) is 19.4 Å². The number of benzene rings is 1. The lowest BCUT2D eigenvalue weighted by molar-refractivity contribution is -0.116. The first-order chi connectivity index (χ1) is 17.0. The summed E-state index contributed by atoms with van der Waals surface area (Å²) in [5.74, 6) is 2.78. The number of aryl methyl sites for hydroxylation is 1. The Morgan fingerprint density at radius 2 is 2.14 bits per heavy atom. The summed E-state index contributed by atoms with van der Waals surface area (Å²) in [6, 6.07) is 12.0. The Morgan fingerprint density at radius 3 is 2.86 bits per heavy atom. The van der Waals surface area contributed by atoms with Gasteiger partial charge in [-0.05, 0) is 81.3 Å². The Labute approximate surface area is 211 Å². The van der Waals surface area contributed by atoms with Crippen LogP contribution in [-0.2, 0) is 24.1 Å². The van der Waals surface area contributed by atoms with Crippen molar-refractivity contribution in [2.75, 3.05) is 6.61 Å². The number of carbonyl (C=O) groups excluding carboxylic acids is 1. The molecule has 35 heavy (non-hydrogen) atoms. The number of ketones is 1. The SMILES string of the molecule is C/C=C(\N=C(/C)C1COc2ccc(Oc3ccnc(CC)c3CCC(C)=O)cc2C1)c1cccs1. The van der Waals surface area contributed by atoms with E-state index in [2.05, 4.69) is 42.4 Å². The molecule has 6 heteroatoms. The third kappa shape index (κ3) is 6.06. The van der Waals surface area contributed by atoms with Gasteiger partial charge in [0.1, 0.15) is 23.0 Å². The van der Waals surface area contributed by atoms with Gasteiger partial charge in [0.2, 0.25) is 0 Å². The zero-order chi connectivity index (χ0) is 24.8. The second-order valence-electron chi connectivity index (χ2n) is 8.78. The molecule has 0 amide bonds. The van der Waals surface area contributed by atoms with Gasteiger partial charge in [-0.15, -0.1) is 11.3 Å². The number of Topliss-reactive ketones (excluding diaryl/α,β-unsaturated/α-hetero) is 1. The first-order valence-corrected chi connectivity index (χ1v) is 13.0. The van der Waals surface area contributed by atoms with Gasteiger partial charge in [0.05, 0.1) is 17.2 Å². The zero-order valence-corrected chi connectivity index (χ0v) is 21.7. The van der Waals surface area contributed by atoms with Crippen molar-refractivity contribution in [3.05, 3.63) is 75.7 Å². The molecule has 1 unspecified atom stereocenters. The van der Waals surface area contributed by atoms with Crippen LogP contribution in [0.4, 0.5) is 0 Å². The van der Waals surface area contributed by atoms with Gasteiger partial charge in [-0.25, -0.2) is 0 Å². The van der Waals surface area contributed by atoms with Crippen LogP contribution in [0.15, 0.2) is 59.0 Å². The van der Waals surface area contributed by atoms with Crippen LogP contribution in [0.2, 0.25) is 0 Å². The third-order valence-electron chi connectivity index (χ3n) is 6.26. The molecule has 3 heterocycles. The lowest BCUT2D eigenvalue weighted by Gasteiger charge is -2.26. The molecule has 2 aromatic heterocycles. The average Bonchev–Trinajstić information content (AvgIpc) is 3.40. The summed E-state index contributed by atoms with van der Waals surface area (Å²) < 4.78 is 12.4. The summed E-state index contributed by atoms with van der Waals surface area (Å²) in [6.07, 6.45) is 6.58. The molecule has 1 aromatic carbocycles. The van der Waals surface area contributed by atoms with Gasteiger partial charge in [0.25, 0.3) is 0 Å². The van der Waals surface area contributed by atoms with Gasteiger partial charge in [0.15, 0.2) is 0 Å². The van der Waals surface area contributed by atoms with E-state index in [0.717, 1.165) is 58.3 Å². The minimum atomic E-state index is 0.163. The number of thiophene rings is 1. The number of ether oxygens (including phenoxy) is 2. The van der Waals surface area contributed by atoms with E-state index in [1.54, 1.807) is 24.5 Å². The van der Waals surface area contributed by atoms with Crippen molar-refractivity contribution in [3.63, 3.8) is 0 Å². The number of pyridine rings is 1. The van der Waals surface area contributed by atoms with Crippen molar-refractivity contribution in [2.24, 2.45) is 10.9 Å². The van der Waals surface area contributed by atoms with Gasteiger partial charge in [-0.3, -0.25) is 9.98 Å². The van der Waals surface area contributed by atoms with Crippen molar-refractivity contribution < 1.29 is 14.3 Å². The molecule has 0 spiro atoms. The van der Waals surface area contributed by atoms with Crippen LogP contribution in [0, 0.1) is 5.92 Å². The molecule has 0 fully saturated rings. The zero-order valence-electron chi connectivity index (χ0n) is 20.8.